The Morgan fingerprint density at radius 1 is 0.800 bits per heavy atom. The number of carbonyl (C=O) groups excluding carboxylic acids is 1. The molecule has 1 N–H and O–H groups in total. The highest BCUT2D eigenvalue weighted by Crippen LogP contribution is 2.44. The zero-order chi connectivity index (χ0) is 23.8. The van der Waals surface area contributed by atoms with Gasteiger partial charge in [0.05, 0.1) is 6.61 Å². The zero-order valence-corrected chi connectivity index (χ0v) is 19.7. The zero-order valence-electron chi connectivity index (χ0n) is 19.7. The van der Waals surface area contributed by atoms with Crippen LogP contribution in [0.3, 0.4) is 0 Å². The SMILES string of the molecule is CCc1cccc2c1oc1c(CCC(=O)NOCC3c4ccccc4-c4ccccc43)cccc12. The Morgan fingerprint density at radius 3 is 2.06 bits per heavy atom. The molecular weight excluding hydrogens is 434 g/mol. The van der Waals surface area contributed by atoms with E-state index in [1.807, 2.05) is 12.1 Å². The monoisotopic (exact) mass is 461 g/mol. The van der Waals surface area contributed by atoms with E-state index < -0.39 is 0 Å². The first-order valence-electron chi connectivity index (χ1n) is 12.3. The van der Waals surface area contributed by atoms with Gasteiger partial charge >= 0.3 is 0 Å². The number of fused-ring (bicyclic) bond motifs is 6. The molecule has 0 radical (unpaired) electrons. The molecule has 4 nitrogen and oxygen atoms in total. The quantitative estimate of drug-likeness (QED) is 0.267. The summed E-state index contributed by atoms with van der Waals surface area (Å²) in [6.45, 7) is 2.54. The number of hydrogen-bond acceptors (Lipinski definition) is 3. The van der Waals surface area contributed by atoms with Gasteiger partial charge in [0.2, 0.25) is 5.91 Å². The summed E-state index contributed by atoms with van der Waals surface area (Å²) < 4.78 is 6.29. The molecule has 0 fully saturated rings. The van der Waals surface area contributed by atoms with Crippen molar-refractivity contribution in [1.82, 2.24) is 5.48 Å². The summed E-state index contributed by atoms with van der Waals surface area (Å²) in [4.78, 5) is 18.3. The standard InChI is InChI=1S/C31H27NO3/c1-2-20-9-7-15-26-27-16-8-10-21(31(27)35-30(20)26)17-18-29(33)32-34-19-28-24-13-5-3-11-22(24)23-12-4-6-14-25(23)28/h3-16,28H,2,17-19H2,1H3,(H,32,33). The molecule has 4 heteroatoms. The predicted molar refractivity (Wildman–Crippen MR) is 139 cm³/mol. The summed E-state index contributed by atoms with van der Waals surface area (Å²) in [7, 11) is 0. The predicted octanol–water partition coefficient (Wildman–Crippen LogP) is 6.94. The molecule has 4 aromatic carbocycles. The summed E-state index contributed by atoms with van der Waals surface area (Å²) in [6.07, 6.45) is 1.83. The Morgan fingerprint density at radius 2 is 1.40 bits per heavy atom. The molecule has 1 heterocycles. The fourth-order valence-corrected chi connectivity index (χ4v) is 5.36. The minimum absolute atomic E-state index is 0.111. The third-order valence-electron chi connectivity index (χ3n) is 7.09. The highest BCUT2D eigenvalue weighted by atomic mass is 16.6. The van der Waals surface area contributed by atoms with Gasteiger partial charge in [0.25, 0.3) is 0 Å². The summed E-state index contributed by atoms with van der Waals surface area (Å²) in [5.74, 6) is -0.0216. The molecule has 1 aromatic heterocycles. The molecule has 6 rings (SSSR count). The molecule has 0 saturated carbocycles. The highest BCUT2D eigenvalue weighted by molar-refractivity contribution is 6.06. The Bertz CT molecular complexity index is 1500. The van der Waals surface area contributed by atoms with E-state index >= 15 is 0 Å². The molecule has 5 aromatic rings. The largest absolute Gasteiger partial charge is 0.455 e. The minimum Gasteiger partial charge on any atom is -0.455 e. The van der Waals surface area contributed by atoms with Crippen LogP contribution in [-0.4, -0.2) is 12.5 Å². The number of benzene rings is 4. The van der Waals surface area contributed by atoms with Crippen LogP contribution in [0.5, 0.6) is 0 Å². The van der Waals surface area contributed by atoms with Gasteiger partial charge in [0.1, 0.15) is 11.2 Å². The first-order valence-corrected chi connectivity index (χ1v) is 12.3. The molecule has 174 valence electrons. The van der Waals surface area contributed by atoms with Gasteiger partial charge in [-0.05, 0) is 46.2 Å². The van der Waals surface area contributed by atoms with Crippen molar-refractivity contribution in [2.24, 2.45) is 0 Å². The second-order valence-corrected chi connectivity index (χ2v) is 9.11. The van der Waals surface area contributed by atoms with E-state index in [4.69, 9.17) is 9.25 Å². The lowest BCUT2D eigenvalue weighted by Gasteiger charge is -2.14. The van der Waals surface area contributed by atoms with Crippen LogP contribution in [0.2, 0.25) is 0 Å². The van der Waals surface area contributed by atoms with Crippen LogP contribution in [0.4, 0.5) is 0 Å². The fraction of sp³-hybridized carbons (Fsp3) is 0.194. The van der Waals surface area contributed by atoms with Crippen molar-refractivity contribution in [2.75, 3.05) is 6.61 Å². The topological polar surface area (TPSA) is 51.5 Å². The van der Waals surface area contributed by atoms with Crippen LogP contribution in [0.1, 0.15) is 41.5 Å². The Balaban J connectivity index is 1.12. The molecule has 0 atom stereocenters. The van der Waals surface area contributed by atoms with Gasteiger partial charge in [0.15, 0.2) is 0 Å². The smallest absolute Gasteiger partial charge is 0.243 e. The molecule has 0 bridgehead atoms. The molecule has 0 spiro atoms. The average Bonchev–Trinajstić information content (AvgIpc) is 3.44. The maximum Gasteiger partial charge on any atom is 0.243 e. The number of para-hydroxylation sites is 2. The van der Waals surface area contributed by atoms with Crippen molar-refractivity contribution in [1.29, 1.82) is 0 Å². The number of hydrogen-bond donors (Lipinski definition) is 1. The second-order valence-electron chi connectivity index (χ2n) is 9.11. The molecule has 0 unspecified atom stereocenters. The summed E-state index contributed by atoms with van der Waals surface area (Å²) >= 11 is 0. The van der Waals surface area contributed by atoms with E-state index in [0.29, 0.717) is 19.4 Å². The van der Waals surface area contributed by atoms with E-state index in [0.717, 1.165) is 33.9 Å². The van der Waals surface area contributed by atoms with Crippen molar-refractivity contribution in [3.05, 3.63) is 107 Å². The molecule has 0 saturated heterocycles. The van der Waals surface area contributed by atoms with Crippen molar-refractivity contribution >= 4 is 27.8 Å². The third-order valence-corrected chi connectivity index (χ3v) is 7.09. The van der Waals surface area contributed by atoms with Crippen LogP contribution >= 0.6 is 0 Å². The number of hydroxylamine groups is 1. The lowest BCUT2D eigenvalue weighted by molar-refractivity contribution is -0.133. The van der Waals surface area contributed by atoms with Gasteiger partial charge in [0, 0.05) is 23.1 Å². The lowest BCUT2D eigenvalue weighted by atomic mass is 9.98. The van der Waals surface area contributed by atoms with Gasteiger partial charge in [-0.25, -0.2) is 5.48 Å². The normalized spacial score (nSPS) is 12.7. The first-order chi connectivity index (χ1) is 17.2. The van der Waals surface area contributed by atoms with Crippen molar-refractivity contribution in [3.8, 4) is 11.1 Å². The summed E-state index contributed by atoms with van der Waals surface area (Å²) in [6, 6.07) is 29.3. The van der Waals surface area contributed by atoms with Crippen LogP contribution in [-0.2, 0) is 22.5 Å². The van der Waals surface area contributed by atoms with Gasteiger partial charge < -0.3 is 4.42 Å². The van der Waals surface area contributed by atoms with Crippen LogP contribution < -0.4 is 5.48 Å². The number of amides is 1. The molecular formula is C31H27NO3. The van der Waals surface area contributed by atoms with E-state index in [-0.39, 0.29) is 11.8 Å². The number of nitrogens with one attached hydrogen (secondary N) is 1. The molecule has 1 aliphatic carbocycles. The van der Waals surface area contributed by atoms with Gasteiger partial charge in [-0.3, -0.25) is 9.63 Å². The second kappa shape index (κ2) is 9.05. The van der Waals surface area contributed by atoms with E-state index in [1.54, 1.807) is 0 Å². The Kier molecular flexibility index (Phi) is 5.59. The highest BCUT2D eigenvalue weighted by Gasteiger charge is 2.28. The van der Waals surface area contributed by atoms with E-state index in [9.17, 15) is 4.79 Å². The number of rotatable bonds is 7. The first kappa shape index (κ1) is 21.6. The maximum absolute atomic E-state index is 12.6. The Labute approximate surface area is 204 Å². The average molecular weight is 462 g/mol. The van der Waals surface area contributed by atoms with Gasteiger partial charge in [-0.2, -0.15) is 0 Å². The number of carbonyl (C=O) groups is 1. The fourth-order valence-electron chi connectivity index (χ4n) is 5.36. The molecule has 35 heavy (non-hydrogen) atoms. The van der Waals surface area contributed by atoms with Crippen molar-refractivity contribution < 1.29 is 14.0 Å². The molecule has 0 aliphatic heterocycles. The molecule has 1 aliphatic rings. The molecule has 1 amide bonds. The van der Waals surface area contributed by atoms with Crippen LogP contribution in [0.25, 0.3) is 33.1 Å². The maximum atomic E-state index is 12.6. The van der Waals surface area contributed by atoms with Crippen LogP contribution in [0, 0.1) is 0 Å². The lowest BCUT2D eigenvalue weighted by Crippen LogP contribution is -2.26. The summed E-state index contributed by atoms with van der Waals surface area (Å²) in [5, 5.41) is 2.23. The number of furan rings is 1. The Hall–Kier alpha value is -3.89. The summed E-state index contributed by atoms with van der Waals surface area (Å²) in [5.41, 5.74) is 11.7. The van der Waals surface area contributed by atoms with Crippen LogP contribution in [0.15, 0.2) is 89.3 Å². The van der Waals surface area contributed by atoms with E-state index in [2.05, 4.69) is 85.2 Å². The minimum atomic E-state index is -0.132. The van der Waals surface area contributed by atoms with E-state index in [1.165, 1.54) is 27.8 Å². The van der Waals surface area contributed by atoms with Gasteiger partial charge in [-0.15, -0.1) is 0 Å². The van der Waals surface area contributed by atoms with Crippen molar-refractivity contribution in [2.45, 2.75) is 32.1 Å². The van der Waals surface area contributed by atoms with Gasteiger partial charge in [-0.1, -0.05) is 91.9 Å². The number of aryl methyl sites for hydroxylation is 2. The van der Waals surface area contributed by atoms with Crippen molar-refractivity contribution in [3.63, 3.8) is 0 Å². The third kappa shape index (κ3) is 3.80.